The van der Waals surface area contributed by atoms with Gasteiger partial charge in [-0.25, -0.2) is 4.98 Å². The van der Waals surface area contributed by atoms with Gasteiger partial charge in [-0.15, -0.1) is 6.58 Å². The maximum Gasteiger partial charge on any atom is 0.254 e. The van der Waals surface area contributed by atoms with Crippen molar-refractivity contribution in [3.8, 4) is 0 Å². The summed E-state index contributed by atoms with van der Waals surface area (Å²) >= 11 is 1.47. The van der Waals surface area contributed by atoms with E-state index in [1.54, 1.807) is 13.0 Å². The van der Waals surface area contributed by atoms with Gasteiger partial charge in [-0.2, -0.15) is 0 Å². The lowest BCUT2D eigenvalue weighted by Gasteiger charge is -2.10. The number of ether oxygens (including phenoxy) is 1. The number of amides is 1. The number of aromatic nitrogens is 1. The van der Waals surface area contributed by atoms with E-state index in [1.165, 1.54) is 11.3 Å². The van der Waals surface area contributed by atoms with Gasteiger partial charge in [0.25, 0.3) is 5.91 Å². The maximum atomic E-state index is 12.2. The van der Waals surface area contributed by atoms with Crippen LogP contribution in [0.25, 0.3) is 21.0 Å². The van der Waals surface area contributed by atoms with Crippen LogP contribution in [0.2, 0.25) is 0 Å². The quantitative estimate of drug-likeness (QED) is 0.540. The Hall–Kier alpha value is -2.24. The van der Waals surface area contributed by atoms with Gasteiger partial charge in [0.1, 0.15) is 6.10 Å². The van der Waals surface area contributed by atoms with Crippen molar-refractivity contribution in [1.82, 2.24) is 4.98 Å². The zero-order chi connectivity index (χ0) is 16.2. The molecule has 0 aliphatic heterocycles. The second-order valence-electron chi connectivity index (χ2n) is 5.23. The fourth-order valence-corrected chi connectivity index (χ4v) is 3.21. The molecule has 5 heteroatoms. The Morgan fingerprint density at radius 2 is 2.22 bits per heavy atom. The van der Waals surface area contributed by atoms with Crippen molar-refractivity contribution in [3.63, 3.8) is 0 Å². The number of carbonyl (C=O) groups excluding carboxylic acids is 1. The number of anilines is 1. The monoisotopic (exact) mass is 326 g/mol. The molecule has 1 unspecified atom stereocenters. The molecular weight excluding hydrogens is 308 g/mol. The summed E-state index contributed by atoms with van der Waals surface area (Å²) in [7, 11) is 0. The second kappa shape index (κ2) is 6.89. The average molecular weight is 326 g/mol. The van der Waals surface area contributed by atoms with Crippen molar-refractivity contribution in [3.05, 3.63) is 49.1 Å². The highest BCUT2D eigenvalue weighted by Gasteiger charge is 2.16. The molecule has 1 N–H and O–H groups in total. The number of thiazole rings is 1. The third-order valence-electron chi connectivity index (χ3n) is 3.57. The first-order valence-corrected chi connectivity index (χ1v) is 8.32. The molecule has 118 valence electrons. The van der Waals surface area contributed by atoms with Crippen molar-refractivity contribution >= 4 is 43.4 Å². The Morgan fingerprint density at radius 1 is 1.39 bits per heavy atom. The van der Waals surface area contributed by atoms with Crippen LogP contribution in [-0.4, -0.2) is 23.6 Å². The number of rotatable bonds is 6. The number of carbonyl (C=O) groups is 1. The molecule has 0 aliphatic rings. The number of hydrogen-bond donors (Lipinski definition) is 1. The van der Waals surface area contributed by atoms with Crippen LogP contribution in [-0.2, 0) is 9.53 Å². The fourth-order valence-electron chi connectivity index (χ4n) is 2.33. The summed E-state index contributed by atoms with van der Waals surface area (Å²) in [5.41, 5.74) is 0.920. The molecule has 3 rings (SSSR count). The molecule has 2 aromatic carbocycles. The molecule has 0 fully saturated rings. The van der Waals surface area contributed by atoms with Crippen molar-refractivity contribution in [2.75, 3.05) is 11.9 Å². The molecule has 0 bridgehead atoms. The number of nitrogens with one attached hydrogen (secondary N) is 1. The zero-order valence-corrected chi connectivity index (χ0v) is 13.7. The number of hydrogen-bond acceptors (Lipinski definition) is 4. The normalized spacial score (nSPS) is 12.4. The molecule has 23 heavy (non-hydrogen) atoms. The van der Waals surface area contributed by atoms with Crippen LogP contribution in [0.5, 0.6) is 0 Å². The van der Waals surface area contributed by atoms with Gasteiger partial charge in [-0.05, 0) is 24.8 Å². The third-order valence-corrected chi connectivity index (χ3v) is 4.51. The maximum absolute atomic E-state index is 12.2. The third kappa shape index (κ3) is 3.41. The Bertz CT molecular complexity index is 856. The Balaban J connectivity index is 1.79. The SMILES string of the molecule is C=CCCOC(C)C(=O)Nc1nc2c(ccc3ccccc32)s1. The van der Waals surface area contributed by atoms with Gasteiger partial charge in [0.2, 0.25) is 0 Å². The van der Waals surface area contributed by atoms with Gasteiger partial charge in [-0.3, -0.25) is 10.1 Å². The van der Waals surface area contributed by atoms with E-state index in [0.29, 0.717) is 11.7 Å². The summed E-state index contributed by atoms with van der Waals surface area (Å²) in [5.74, 6) is -0.183. The molecule has 0 saturated heterocycles. The van der Waals surface area contributed by atoms with Crippen LogP contribution >= 0.6 is 11.3 Å². The van der Waals surface area contributed by atoms with Gasteiger partial charge in [0.05, 0.1) is 16.8 Å². The summed E-state index contributed by atoms with van der Waals surface area (Å²) in [4.78, 5) is 16.7. The van der Waals surface area contributed by atoms with Crippen molar-refractivity contribution in [1.29, 1.82) is 0 Å². The van der Waals surface area contributed by atoms with Gasteiger partial charge >= 0.3 is 0 Å². The van der Waals surface area contributed by atoms with Gasteiger partial charge in [0.15, 0.2) is 5.13 Å². The van der Waals surface area contributed by atoms with Gasteiger partial charge < -0.3 is 4.74 Å². The van der Waals surface area contributed by atoms with E-state index in [9.17, 15) is 4.79 Å². The Kier molecular flexibility index (Phi) is 4.69. The molecular formula is C18H18N2O2S. The van der Waals surface area contributed by atoms with Gasteiger partial charge in [-0.1, -0.05) is 47.7 Å². The van der Waals surface area contributed by atoms with Gasteiger partial charge in [0, 0.05) is 5.39 Å². The van der Waals surface area contributed by atoms with E-state index in [0.717, 1.165) is 27.4 Å². The van der Waals surface area contributed by atoms with Crippen LogP contribution in [0.1, 0.15) is 13.3 Å². The largest absolute Gasteiger partial charge is 0.368 e. The minimum atomic E-state index is -0.515. The van der Waals surface area contributed by atoms with Crippen LogP contribution < -0.4 is 5.32 Å². The molecule has 3 aromatic rings. The molecule has 1 aromatic heterocycles. The summed E-state index contributed by atoms with van der Waals surface area (Å²) < 4.78 is 6.51. The fraction of sp³-hybridized carbons (Fsp3) is 0.222. The number of nitrogens with zero attached hydrogens (tertiary/aromatic N) is 1. The number of benzene rings is 2. The zero-order valence-electron chi connectivity index (χ0n) is 12.9. The standard InChI is InChI=1S/C18H18N2O2S/c1-3-4-11-22-12(2)17(21)20-18-19-16-14-8-6-5-7-13(14)9-10-15(16)23-18/h3,5-10,12H,1,4,11H2,2H3,(H,19,20,21). The second-order valence-corrected chi connectivity index (χ2v) is 6.26. The van der Waals surface area contributed by atoms with E-state index in [1.807, 2.05) is 24.3 Å². The van der Waals surface area contributed by atoms with Crippen LogP contribution in [0.3, 0.4) is 0 Å². The molecule has 0 spiro atoms. The lowest BCUT2D eigenvalue weighted by Crippen LogP contribution is -2.27. The molecule has 0 radical (unpaired) electrons. The first-order valence-electron chi connectivity index (χ1n) is 7.50. The lowest BCUT2D eigenvalue weighted by molar-refractivity contribution is -0.126. The summed E-state index contributed by atoms with van der Waals surface area (Å²) in [6, 6.07) is 12.2. The van der Waals surface area contributed by atoms with E-state index < -0.39 is 6.10 Å². The van der Waals surface area contributed by atoms with Crippen LogP contribution in [0.4, 0.5) is 5.13 Å². The van der Waals surface area contributed by atoms with E-state index >= 15 is 0 Å². The molecule has 1 amide bonds. The summed E-state index contributed by atoms with van der Waals surface area (Å²) in [5, 5.41) is 5.68. The minimum absolute atomic E-state index is 0.183. The van der Waals surface area contributed by atoms with Crippen molar-refractivity contribution in [2.24, 2.45) is 0 Å². The Morgan fingerprint density at radius 3 is 3.04 bits per heavy atom. The van der Waals surface area contributed by atoms with E-state index in [4.69, 9.17) is 4.74 Å². The average Bonchev–Trinajstić information content (AvgIpc) is 2.97. The minimum Gasteiger partial charge on any atom is -0.368 e. The molecule has 1 atom stereocenters. The smallest absolute Gasteiger partial charge is 0.254 e. The van der Waals surface area contributed by atoms with E-state index in [2.05, 4.69) is 29.0 Å². The topological polar surface area (TPSA) is 51.2 Å². The summed E-state index contributed by atoms with van der Waals surface area (Å²) in [6.45, 7) is 5.86. The molecule has 1 heterocycles. The first kappa shape index (κ1) is 15.6. The van der Waals surface area contributed by atoms with Crippen molar-refractivity contribution < 1.29 is 9.53 Å². The highest BCUT2D eigenvalue weighted by Crippen LogP contribution is 2.31. The van der Waals surface area contributed by atoms with Crippen LogP contribution in [0, 0.1) is 0 Å². The highest BCUT2D eigenvalue weighted by atomic mass is 32.1. The molecule has 0 aliphatic carbocycles. The molecule has 0 saturated carbocycles. The van der Waals surface area contributed by atoms with Crippen LogP contribution in [0.15, 0.2) is 49.1 Å². The van der Waals surface area contributed by atoms with Crippen molar-refractivity contribution in [2.45, 2.75) is 19.4 Å². The predicted molar refractivity (Wildman–Crippen MR) is 96.0 cm³/mol. The predicted octanol–water partition coefficient (Wildman–Crippen LogP) is 4.37. The highest BCUT2D eigenvalue weighted by molar-refractivity contribution is 7.22. The first-order chi connectivity index (χ1) is 11.2. The summed E-state index contributed by atoms with van der Waals surface area (Å²) in [6.07, 6.45) is 1.98. The Labute approximate surface area is 138 Å². The van der Waals surface area contributed by atoms with E-state index in [-0.39, 0.29) is 5.91 Å². The molecule has 4 nitrogen and oxygen atoms in total. The lowest BCUT2D eigenvalue weighted by atomic mass is 10.1. The number of fused-ring (bicyclic) bond motifs is 3.